The molecule has 86 valence electrons. The van der Waals surface area contributed by atoms with E-state index in [2.05, 4.69) is 0 Å². The van der Waals surface area contributed by atoms with E-state index in [-0.39, 0.29) is 11.9 Å². The van der Waals surface area contributed by atoms with Crippen molar-refractivity contribution in [3.05, 3.63) is 0 Å². The van der Waals surface area contributed by atoms with E-state index < -0.39 is 0 Å². The first-order valence-electron chi connectivity index (χ1n) is 5.92. The van der Waals surface area contributed by atoms with Gasteiger partial charge < -0.3 is 4.74 Å². The average Bonchev–Trinajstić information content (AvgIpc) is 2.27. The molecule has 0 N–H and O–H groups in total. The zero-order valence-electron chi connectivity index (χ0n) is 9.25. The summed E-state index contributed by atoms with van der Waals surface area (Å²) in [4.78, 5) is 11.5. The molecule has 2 fully saturated rings. The van der Waals surface area contributed by atoms with Gasteiger partial charge in [-0.25, -0.2) is 0 Å². The number of hydrogen-bond donors (Lipinski definition) is 0. The standard InChI is InChI=1S/C12H19ClO2/c1-15-12(14)10-3-2-9-7-11(13)5-4-8(9)6-10/h8-11H,2-7H2,1H3. The number of esters is 1. The van der Waals surface area contributed by atoms with Crippen molar-refractivity contribution in [1.82, 2.24) is 0 Å². The van der Waals surface area contributed by atoms with Crippen molar-refractivity contribution in [2.24, 2.45) is 17.8 Å². The summed E-state index contributed by atoms with van der Waals surface area (Å²) in [5.74, 6) is 1.63. The van der Waals surface area contributed by atoms with Crippen LogP contribution in [0.15, 0.2) is 0 Å². The van der Waals surface area contributed by atoms with Gasteiger partial charge in [0.2, 0.25) is 0 Å². The minimum Gasteiger partial charge on any atom is -0.469 e. The highest BCUT2D eigenvalue weighted by Gasteiger charge is 2.37. The number of rotatable bonds is 1. The second-order valence-electron chi connectivity index (χ2n) is 4.96. The summed E-state index contributed by atoms with van der Waals surface area (Å²) in [5.41, 5.74) is 0. The maximum atomic E-state index is 11.5. The number of hydrogen-bond acceptors (Lipinski definition) is 2. The molecule has 0 bridgehead atoms. The molecule has 2 aliphatic rings. The molecule has 0 aromatic carbocycles. The Bertz CT molecular complexity index is 242. The van der Waals surface area contributed by atoms with E-state index in [1.54, 1.807) is 0 Å². The van der Waals surface area contributed by atoms with Gasteiger partial charge in [0.05, 0.1) is 13.0 Å². The largest absolute Gasteiger partial charge is 0.469 e. The normalized spacial score (nSPS) is 40.7. The summed E-state index contributed by atoms with van der Waals surface area (Å²) in [5, 5.41) is 0.376. The van der Waals surface area contributed by atoms with Gasteiger partial charge in [-0.2, -0.15) is 0 Å². The molecule has 2 saturated carbocycles. The van der Waals surface area contributed by atoms with Crippen LogP contribution in [0.1, 0.15) is 38.5 Å². The molecule has 2 nitrogen and oxygen atoms in total. The number of methoxy groups -OCH3 is 1. The molecule has 2 aliphatic carbocycles. The second kappa shape index (κ2) is 4.73. The second-order valence-corrected chi connectivity index (χ2v) is 5.58. The fraction of sp³-hybridized carbons (Fsp3) is 0.917. The summed E-state index contributed by atoms with van der Waals surface area (Å²) < 4.78 is 4.83. The zero-order chi connectivity index (χ0) is 10.8. The fourth-order valence-corrected chi connectivity index (χ4v) is 3.57. The molecule has 0 aliphatic heterocycles. The van der Waals surface area contributed by atoms with Crippen molar-refractivity contribution in [3.63, 3.8) is 0 Å². The molecule has 2 rings (SSSR count). The molecule has 0 radical (unpaired) electrons. The third-order valence-electron chi connectivity index (χ3n) is 4.08. The summed E-state index contributed by atoms with van der Waals surface area (Å²) in [6, 6.07) is 0. The minimum absolute atomic E-state index is 0.0125. The molecule has 0 amide bonds. The number of ether oxygens (including phenoxy) is 1. The van der Waals surface area contributed by atoms with Gasteiger partial charge in [-0.1, -0.05) is 0 Å². The summed E-state index contributed by atoms with van der Waals surface area (Å²) in [7, 11) is 1.49. The van der Waals surface area contributed by atoms with Gasteiger partial charge in [-0.05, 0) is 50.4 Å². The maximum Gasteiger partial charge on any atom is 0.308 e. The quantitative estimate of drug-likeness (QED) is 0.511. The summed E-state index contributed by atoms with van der Waals surface area (Å²) in [6.07, 6.45) is 6.66. The molecule has 0 spiro atoms. The van der Waals surface area contributed by atoms with Crippen molar-refractivity contribution in [2.75, 3.05) is 7.11 Å². The maximum absolute atomic E-state index is 11.5. The summed E-state index contributed by atoms with van der Waals surface area (Å²) in [6.45, 7) is 0. The van der Waals surface area contributed by atoms with Gasteiger partial charge in [0.15, 0.2) is 0 Å². The molecule has 4 unspecified atom stereocenters. The lowest BCUT2D eigenvalue weighted by atomic mass is 9.67. The number of fused-ring (bicyclic) bond motifs is 1. The lowest BCUT2D eigenvalue weighted by molar-refractivity contribution is -0.147. The Labute approximate surface area is 96.3 Å². The molecule has 0 aromatic heterocycles. The molecule has 0 aromatic rings. The van der Waals surface area contributed by atoms with Gasteiger partial charge in [-0.15, -0.1) is 11.6 Å². The third-order valence-corrected chi connectivity index (χ3v) is 4.48. The van der Waals surface area contributed by atoms with Crippen LogP contribution in [-0.2, 0) is 9.53 Å². The first-order chi connectivity index (χ1) is 7.20. The van der Waals surface area contributed by atoms with E-state index in [0.717, 1.165) is 43.9 Å². The van der Waals surface area contributed by atoms with E-state index in [9.17, 15) is 4.79 Å². The Morgan fingerprint density at radius 1 is 1.13 bits per heavy atom. The molecule has 0 saturated heterocycles. The molecule has 3 heteroatoms. The first-order valence-corrected chi connectivity index (χ1v) is 6.36. The fourth-order valence-electron chi connectivity index (χ4n) is 3.21. The Morgan fingerprint density at radius 3 is 2.53 bits per heavy atom. The first kappa shape index (κ1) is 11.3. The lowest BCUT2D eigenvalue weighted by Crippen LogP contribution is -2.34. The predicted octanol–water partition coefficient (Wildman–Crippen LogP) is 2.98. The van der Waals surface area contributed by atoms with Crippen LogP contribution in [-0.4, -0.2) is 18.5 Å². The van der Waals surface area contributed by atoms with Crippen LogP contribution in [0.4, 0.5) is 0 Å². The van der Waals surface area contributed by atoms with Crippen LogP contribution in [0.5, 0.6) is 0 Å². The Balaban J connectivity index is 1.92. The van der Waals surface area contributed by atoms with E-state index in [0.29, 0.717) is 5.38 Å². The van der Waals surface area contributed by atoms with Crippen LogP contribution in [0, 0.1) is 17.8 Å². The topological polar surface area (TPSA) is 26.3 Å². The van der Waals surface area contributed by atoms with Crippen LogP contribution in [0.2, 0.25) is 0 Å². The van der Waals surface area contributed by atoms with E-state index in [1.165, 1.54) is 13.5 Å². The molecular weight excluding hydrogens is 212 g/mol. The Hall–Kier alpha value is -0.240. The van der Waals surface area contributed by atoms with Crippen molar-refractivity contribution < 1.29 is 9.53 Å². The third kappa shape index (κ3) is 2.47. The minimum atomic E-state index is -0.0125. The van der Waals surface area contributed by atoms with Crippen LogP contribution < -0.4 is 0 Å². The molecule has 4 atom stereocenters. The van der Waals surface area contributed by atoms with Gasteiger partial charge in [0.1, 0.15) is 0 Å². The van der Waals surface area contributed by atoms with Crippen LogP contribution in [0.3, 0.4) is 0 Å². The van der Waals surface area contributed by atoms with Crippen LogP contribution >= 0.6 is 11.6 Å². The Morgan fingerprint density at radius 2 is 1.80 bits per heavy atom. The van der Waals surface area contributed by atoms with E-state index in [1.807, 2.05) is 0 Å². The van der Waals surface area contributed by atoms with Crippen molar-refractivity contribution >= 4 is 17.6 Å². The predicted molar refractivity (Wildman–Crippen MR) is 59.8 cm³/mol. The smallest absolute Gasteiger partial charge is 0.308 e. The summed E-state index contributed by atoms with van der Waals surface area (Å²) >= 11 is 6.17. The molecular formula is C12H19ClO2. The number of carbonyl (C=O) groups excluding carboxylic acids is 1. The average molecular weight is 231 g/mol. The van der Waals surface area contributed by atoms with Gasteiger partial charge in [0.25, 0.3) is 0 Å². The van der Waals surface area contributed by atoms with Crippen molar-refractivity contribution in [2.45, 2.75) is 43.9 Å². The number of carbonyl (C=O) groups is 1. The lowest BCUT2D eigenvalue weighted by Gasteiger charge is -2.39. The number of halogens is 1. The van der Waals surface area contributed by atoms with Crippen molar-refractivity contribution in [1.29, 1.82) is 0 Å². The Kier molecular flexibility index (Phi) is 3.55. The monoisotopic (exact) mass is 230 g/mol. The highest BCUT2D eigenvalue weighted by molar-refractivity contribution is 6.20. The zero-order valence-corrected chi connectivity index (χ0v) is 10.0. The van der Waals surface area contributed by atoms with E-state index in [4.69, 9.17) is 16.3 Å². The SMILES string of the molecule is COC(=O)C1CCC2CC(Cl)CCC2C1. The highest BCUT2D eigenvalue weighted by atomic mass is 35.5. The highest BCUT2D eigenvalue weighted by Crippen LogP contribution is 2.44. The van der Waals surface area contributed by atoms with Crippen LogP contribution in [0.25, 0.3) is 0 Å². The molecule has 15 heavy (non-hydrogen) atoms. The molecule has 0 heterocycles. The van der Waals surface area contributed by atoms with Gasteiger partial charge >= 0.3 is 5.97 Å². The van der Waals surface area contributed by atoms with Gasteiger partial charge in [-0.3, -0.25) is 4.79 Å². The van der Waals surface area contributed by atoms with Crippen molar-refractivity contribution in [3.8, 4) is 0 Å². The number of alkyl halides is 1. The van der Waals surface area contributed by atoms with Gasteiger partial charge in [0, 0.05) is 5.38 Å². The van der Waals surface area contributed by atoms with E-state index >= 15 is 0 Å².